The van der Waals surface area contributed by atoms with Crippen molar-refractivity contribution in [3.8, 4) is 17.2 Å². The van der Waals surface area contributed by atoms with E-state index in [0.29, 0.717) is 34.9 Å². The number of nitrogens with zero attached hydrogens (tertiary/aromatic N) is 1. The summed E-state index contributed by atoms with van der Waals surface area (Å²) in [5.74, 6) is 0.0460. The van der Waals surface area contributed by atoms with E-state index in [0.717, 1.165) is 17.8 Å². The van der Waals surface area contributed by atoms with Crippen molar-refractivity contribution in [2.75, 3.05) is 12.4 Å². The number of anilines is 1. The summed E-state index contributed by atoms with van der Waals surface area (Å²) in [6.07, 6.45) is -4.10. The number of rotatable bonds is 8. The van der Waals surface area contributed by atoms with E-state index in [9.17, 15) is 18.0 Å². The van der Waals surface area contributed by atoms with Gasteiger partial charge in [0.25, 0.3) is 5.91 Å². The summed E-state index contributed by atoms with van der Waals surface area (Å²) >= 11 is 0. The first-order chi connectivity index (χ1) is 15.6. The number of carbonyl (C=O) groups excluding carboxylic acids is 1. The van der Waals surface area contributed by atoms with Crippen LogP contribution in [0.5, 0.6) is 17.2 Å². The fraction of sp³-hybridized carbons (Fsp3) is 0.250. The average Bonchev–Trinajstić information content (AvgIpc) is 2.74. The van der Waals surface area contributed by atoms with Gasteiger partial charge in [-0.1, -0.05) is 6.07 Å². The number of amides is 1. The van der Waals surface area contributed by atoms with Crippen LogP contribution in [0.1, 0.15) is 28.7 Å². The number of pyridine rings is 1. The summed E-state index contributed by atoms with van der Waals surface area (Å²) in [5, 5.41) is 2.80. The lowest BCUT2D eigenvalue weighted by Crippen LogP contribution is -2.16. The molecule has 9 heteroatoms. The summed E-state index contributed by atoms with van der Waals surface area (Å²) in [7, 11) is 1.63. The molecular weight excluding hydrogens is 437 g/mol. The molecule has 0 bridgehead atoms. The molecule has 2 aromatic carbocycles. The third kappa shape index (κ3) is 7.21. The lowest BCUT2D eigenvalue weighted by atomic mass is 10.1. The molecule has 174 valence electrons. The van der Waals surface area contributed by atoms with Crippen LogP contribution in [0, 0.1) is 6.92 Å². The zero-order chi connectivity index (χ0) is 24.0. The summed E-state index contributed by atoms with van der Waals surface area (Å²) in [6.45, 7) is 3.71. The van der Waals surface area contributed by atoms with Gasteiger partial charge in [0.15, 0.2) is 0 Å². The number of hydrogen-bond acceptors (Lipinski definition) is 5. The Bertz CT molecular complexity index is 1100. The van der Waals surface area contributed by atoms with Gasteiger partial charge in [-0.05, 0) is 62.4 Å². The molecule has 0 saturated carbocycles. The molecule has 1 amide bonds. The number of ether oxygens (including phenoxy) is 3. The highest BCUT2D eigenvalue weighted by molar-refractivity contribution is 6.05. The Morgan fingerprint density at radius 1 is 1.03 bits per heavy atom. The van der Waals surface area contributed by atoms with Crippen molar-refractivity contribution in [3.05, 3.63) is 77.6 Å². The first-order valence-electron chi connectivity index (χ1n) is 10.1. The van der Waals surface area contributed by atoms with E-state index < -0.39 is 6.36 Å². The highest BCUT2D eigenvalue weighted by Crippen LogP contribution is 2.28. The zero-order valence-electron chi connectivity index (χ0n) is 18.3. The van der Waals surface area contributed by atoms with Gasteiger partial charge in [-0.25, -0.2) is 0 Å². The normalized spacial score (nSPS) is 12.2. The topological polar surface area (TPSA) is 69.7 Å². The number of alkyl halides is 3. The SMILES string of the molecule is COC(C)Cc1ccc(C(=O)Nc2cccc(Oc3ccc(OC(F)(F)F)cc3)c2)c(C)n1. The van der Waals surface area contributed by atoms with Crippen molar-refractivity contribution in [2.24, 2.45) is 0 Å². The van der Waals surface area contributed by atoms with E-state index in [-0.39, 0.29) is 17.8 Å². The van der Waals surface area contributed by atoms with E-state index in [1.54, 1.807) is 50.4 Å². The van der Waals surface area contributed by atoms with Crippen molar-refractivity contribution in [1.82, 2.24) is 4.98 Å². The smallest absolute Gasteiger partial charge is 0.457 e. The van der Waals surface area contributed by atoms with Gasteiger partial charge in [-0.3, -0.25) is 9.78 Å². The van der Waals surface area contributed by atoms with Crippen LogP contribution in [0.3, 0.4) is 0 Å². The van der Waals surface area contributed by atoms with Crippen molar-refractivity contribution >= 4 is 11.6 Å². The van der Waals surface area contributed by atoms with Crippen LogP contribution in [-0.4, -0.2) is 30.5 Å². The van der Waals surface area contributed by atoms with Gasteiger partial charge in [-0.2, -0.15) is 0 Å². The van der Waals surface area contributed by atoms with Crippen molar-refractivity contribution < 1.29 is 32.2 Å². The first kappa shape index (κ1) is 24.1. The third-order valence-electron chi connectivity index (χ3n) is 4.67. The Labute approximate surface area is 189 Å². The summed E-state index contributed by atoms with van der Waals surface area (Å²) in [6, 6.07) is 15.2. The summed E-state index contributed by atoms with van der Waals surface area (Å²) in [5.41, 5.74) is 2.36. The lowest BCUT2D eigenvalue weighted by molar-refractivity contribution is -0.274. The monoisotopic (exact) mass is 460 g/mol. The molecule has 1 unspecified atom stereocenters. The van der Waals surface area contributed by atoms with Gasteiger partial charge in [0, 0.05) is 31.0 Å². The molecule has 0 saturated heterocycles. The Morgan fingerprint density at radius 2 is 1.73 bits per heavy atom. The van der Waals surface area contributed by atoms with Crippen LogP contribution in [0.4, 0.5) is 18.9 Å². The summed E-state index contributed by atoms with van der Waals surface area (Å²) < 4.78 is 51.6. The largest absolute Gasteiger partial charge is 0.573 e. The number of aryl methyl sites for hydroxylation is 1. The Hall–Kier alpha value is -3.59. The molecule has 0 aliphatic carbocycles. The van der Waals surface area contributed by atoms with E-state index in [2.05, 4.69) is 15.0 Å². The highest BCUT2D eigenvalue weighted by Gasteiger charge is 2.31. The maximum absolute atomic E-state index is 12.7. The summed E-state index contributed by atoms with van der Waals surface area (Å²) in [4.78, 5) is 17.2. The maximum Gasteiger partial charge on any atom is 0.573 e. The number of hydrogen-bond donors (Lipinski definition) is 1. The number of methoxy groups -OCH3 is 1. The van der Waals surface area contributed by atoms with Gasteiger partial charge in [0.1, 0.15) is 17.2 Å². The number of benzene rings is 2. The second kappa shape index (κ2) is 10.4. The predicted molar refractivity (Wildman–Crippen MR) is 117 cm³/mol. The molecule has 1 atom stereocenters. The fourth-order valence-electron chi connectivity index (χ4n) is 3.03. The zero-order valence-corrected chi connectivity index (χ0v) is 18.3. The number of carbonyl (C=O) groups is 1. The van der Waals surface area contributed by atoms with E-state index in [4.69, 9.17) is 9.47 Å². The molecule has 0 spiro atoms. The van der Waals surface area contributed by atoms with Gasteiger partial charge >= 0.3 is 6.36 Å². The van der Waals surface area contributed by atoms with Crippen LogP contribution in [0.25, 0.3) is 0 Å². The molecule has 1 heterocycles. The Balaban J connectivity index is 1.66. The third-order valence-corrected chi connectivity index (χ3v) is 4.67. The number of halogens is 3. The lowest BCUT2D eigenvalue weighted by Gasteiger charge is -2.12. The molecule has 0 fully saturated rings. The second-order valence-electron chi connectivity index (χ2n) is 7.29. The fourth-order valence-corrected chi connectivity index (χ4v) is 3.03. The standard InChI is InChI=1S/C24H23F3N2O4/c1-15(31-3)13-18-7-12-22(16(2)28-18)23(30)29-17-5-4-6-21(14-17)32-19-8-10-20(11-9-19)33-24(25,26)27/h4-12,14-15H,13H2,1-3H3,(H,29,30). The van der Waals surface area contributed by atoms with Crippen LogP contribution in [-0.2, 0) is 11.2 Å². The number of nitrogens with one attached hydrogen (secondary N) is 1. The van der Waals surface area contributed by atoms with Gasteiger partial charge in [0.05, 0.1) is 17.4 Å². The number of aromatic nitrogens is 1. The molecule has 1 N–H and O–H groups in total. The van der Waals surface area contributed by atoms with Gasteiger partial charge in [-0.15, -0.1) is 13.2 Å². The second-order valence-corrected chi connectivity index (χ2v) is 7.29. The molecule has 0 aliphatic heterocycles. The van der Waals surface area contributed by atoms with Crippen molar-refractivity contribution in [2.45, 2.75) is 32.7 Å². The predicted octanol–water partition coefficient (Wildman–Crippen LogP) is 5.91. The van der Waals surface area contributed by atoms with E-state index in [1.165, 1.54) is 12.1 Å². The maximum atomic E-state index is 12.7. The molecule has 3 aromatic rings. The quantitative estimate of drug-likeness (QED) is 0.453. The van der Waals surface area contributed by atoms with Gasteiger partial charge < -0.3 is 19.5 Å². The van der Waals surface area contributed by atoms with Crippen LogP contribution >= 0.6 is 0 Å². The highest BCUT2D eigenvalue weighted by atomic mass is 19.4. The molecular formula is C24H23F3N2O4. The molecule has 1 aromatic heterocycles. The van der Waals surface area contributed by atoms with Crippen LogP contribution in [0.15, 0.2) is 60.7 Å². The van der Waals surface area contributed by atoms with Crippen LogP contribution < -0.4 is 14.8 Å². The van der Waals surface area contributed by atoms with Crippen molar-refractivity contribution in [1.29, 1.82) is 0 Å². The van der Waals surface area contributed by atoms with Crippen LogP contribution in [0.2, 0.25) is 0 Å². The van der Waals surface area contributed by atoms with E-state index >= 15 is 0 Å². The average molecular weight is 460 g/mol. The van der Waals surface area contributed by atoms with E-state index in [1.807, 2.05) is 6.92 Å². The first-order valence-corrected chi connectivity index (χ1v) is 10.1. The molecule has 33 heavy (non-hydrogen) atoms. The molecule has 3 rings (SSSR count). The Morgan fingerprint density at radius 3 is 2.36 bits per heavy atom. The minimum absolute atomic E-state index is 0.0210. The molecule has 0 radical (unpaired) electrons. The van der Waals surface area contributed by atoms with Crippen molar-refractivity contribution in [3.63, 3.8) is 0 Å². The molecule has 6 nitrogen and oxygen atoms in total. The van der Waals surface area contributed by atoms with Gasteiger partial charge in [0.2, 0.25) is 0 Å². The Kier molecular flexibility index (Phi) is 7.55. The minimum atomic E-state index is -4.76. The molecule has 0 aliphatic rings. The minimum Gasteiger partial charge on any atom is -0.457 e.